The third-order valence-corrected chi connectivity index (χ3v) is 2.17. The summed E-state index contributed by atoms with van der Waals surface area (Å²) in [6.45, 7) is 6.49. The zero-order chi connectivity index (χ0) is 10.8. The van der Waals surface area contributed by atoms with Crippen LogP contribution in [0.25, 0.3) is 0 Å². The van der Waals surface area contributed by atoms with E-state index < -0.39 is 5.91 Å². The van der Waals surface area contributed by atoms with Crippen LogP contribution in [0.5, 0.6) is 0 Å². The average Bonchev–Trinajstić information content (AvgIpc) is 2.06. The van der Waals surface area contributed by atoms with Crippen LogP contribution < -0.4 is 10.9 Å². The number of hydrogen-bond donors (Lipinski definition) is 3. The molecule has 1 amide bonds. The molecule has 1 aliphatic rings. The monoisotopic (exact) mass is 198 g/mol. The van der Waals surface area contributed by atoms with Gasteiger partial charge in [-0.3, -0.25) is 10.2 Å². The largest absolute Gasteiger partial charge is 0.503 e. The normalized spacial score (nSPS) is 22.9. The van der Waals surface area contributed by atoms with Crippen LogP contribution in [0.15, 0.2) is 11.8 Å². The molecule has 0 fully saturated rings. The molecule has 14 heavy (non-hydrogen) atoms. The van der Waals surface area contributed by atoms with Gasteiger partial charge in [-0.2, -0.15) is 0 Å². The summed E-state index contributed by atoms with van der Waals surface area (Å²) in [5.41, 5.74) is 5.52. The molecule has 1 atom stereocenters. The number of aliphatic hydroxyl groups is 1. The zero-order valence-corrected chi connectivity index (χ0v) is 8.92. The van der Waals surface area contributed by atoms with E-state index in [0.29, 0.717) is 0 Å². The van der Waals surface area contributed by atoms with Crippen molar-refractivity contribution in [2.45, 2.75) is 39.7 Å². The number of hydrogen-bond acceptors (Lipinski definition) is 3. The Morgan fingerprint density at radius 2 is 2.14 bits per heavy atom. The summed E-state index contributed by atoms with van der Waals surface area (Å²) >= 11 is 0. The first kappa shape index (κ1) is 11.0. The van der Waals surface area contributed by atoms with Crippen LogP contribution >= 0.6 is 0 Å². The Kier molecular flexibility index (Phi) is 3.16. The molecule has 0 saturated carbocycles. The standard InChI is InChI=1S/C10H18N2O2/c1-10(2,3)5-4-7-6-8(13)9(14)12-11-7/h6-7,11,13H,4-5H2,1-3H3,(H,12,14). The number of hydrazine groups is 1. The van der Waals surface area contributed by atoms with Gasteiger partial charge in [-0.1, -0.05) is 20.8 Å². The Bertz CT molecular complexity index is 253. The van der Waals surface area contributed by atoms with Gasteiger partial charge < -0.3 is 5.11 Å². The highest BCUT2D eigenvalue weighted by atomic mass is 16.3. The number of nitrogens with one attached hydrogen (secondary N) is 2. The molecule has 1 heterocycles. The topological polar surface area (TPSA) is 61.4 Å². The van der Waals surface area contributed by atoms with Crippen molar-refractivity contribution in [3.63, 3.8) is 0 Å². The van der Waals surface area contributed by atoms with Crippen molar-refractivity contribution in [1.82, 2.24) is 10.9 Å². The minimum absolute atomic E-state index is 0.0342. The van der Waals surface area contributed by atoms with Gasteiger partial charge in [0, 0.05) is 6.04 Å². The van der Waals surface area contributed by atoms with Crippen molar-refractivity contribution in [2.24, 2.45) is 5.41 Å². The predicted octanol–water partition coefficient (Wildman–Crippen LogP) is 1.26. The van der Waals surface area contributed by atoms with Crippen LogP contribution in [-0.4, -0.2) is 17.1 Å². The molecule has 1 aliphatic heterocycles. The molecule has 0 spiro atoms. The second-order valence-corrected chi connectivity index (χ2v) is 4.86. The minimum atomic E-state index is -0.461. The van der Waals surface area contributed by atoms with E-state index in [9.17, 15) is 9.90 Å². The number of carbonyl (C=O) groups is 1. The molecular weight excluding hydrogens is 180 g/mol. The molecule has 0 aromatic carbocycles. The second-order valence-electron chi connectivity index (χ2n) is 4.86. The molecular formula is C10H18N2O2. The van der Waals surface area contributed by atoms with Gasteiger partial charge in [-0.15, -0.1) is 0 Å². The van der Waals surface area contributed by atoms with Crippen LogP contribution in [0, 0.1) is 5.41 Å². The lowest BCUT2D eigenvalue weighted by atomic mass is 9.88. The minimum Gasteiger partial charge on any atom is -0.503 e. The lowest BCUT2D eigenvalue weighted by molar-refractivity contribution is -0.121. The molecule has 3 N–H and O–H groups in total. The van der Waals surface area contributed by atoms with Gasteiger partial charge in [0.1, 0.15) is 0 Å². The predicted molar refractivity (Wildman–Crippen MR) is 54.5 cm³/mol. The highest BCUT2D eigenvalue weighted by Crippen LogP contribution is 2.22. The van der Waals surface area contributed by atoms with Gasteiger partial charge in [-0.05, 0) is 24.3 Å². The molecule has 0 radical (unpaired) electrons. The first-order chi connectivity index (χ1) is 6.38. The van der Waals surface area contributed by atoms with Crippen LogP contribution in [-0.2, 0) is 4.79 Å². The molecule has 4 heteroatoms. The lowest BCUT2D eigenvalue weighted by Gasteiger charge is -2.24. The number of amides is 1. The van der Waals surface area contributed by atoms with Gasteiger partial charge in [0.05, 0.1) is 0 Å². The molecule has 0 aromatic rings. The van der Waals surface area contributed by atoms with Crippen LogP contribution in [0.4, 0.5) is 0 Å². The highest BCUT2D eigenvalue weighted by Gasteiger charge is 2.20. The fourth-order valence-electron chi connectivity index (χ4n) is 1.27. The number of aliphatic hydroxyl groups excluding tert-OH is 1. The second kappa shape index (κ2) is 4.00. The SMILES string of the molecule is CC(C)(C)CCC1C=C(O)C(=O)NN1. The Labute approximate surface area is 84.4 Å². The van der Waals surface area contributed by atoms with Crippen molar-refractivity contribution in [3.8, 4) is 0 Å². The Morgan fingerprint density at radius 3 is 2.64 bits per heavy atom. The highest BCUT2D eigenvalue weighted by molar-refractivity contribution is 5.91. The molecule has 0 aromatic heterocycles. The van der Waals surface area contributed by atoms with Crippen LogP contribution in [0.1, 0.15) is 33.6 Å². The Balaban J connectivity index is 2.44. The average molecular weight is 198 g/mol. The van der Waals surface area contributed by atoms with E-state index in [1.807, 2.05) is 0 Å². The van der Waals surface area contributed by atoms with Gasteiger partial charge in [0.25, 0.3) is 5.91 Å². The molecule has 0 saturated heterocycles. The number of carbonyl (C=O) groups excluding carboxylic acids is 1. The maximum Gasteiger partial charge on any atom is 0.299 e. The lowest BCUT2D eigenvalue weighted by Crippen LogP contribution is -2.48. The first-order valence-electron chi connectivity index (χ1n) is 4.85. The maximum atomic E-state index is 10.8. The summed E-state index contributed by atoms with van der Waals surface area (Å²) in [5, 5.41) is 9.19. The Morgan fingerprint density at radius 1 is 1.50 bits per heavy atom. The van der Waals surface area contributed by atoms with Crippen molar-refractivity contribution in [2.75, 3.05) is 0 Å². The molecule has 1 unspecified atom stereocenters. The van der Waals surface area contributed by atoms with Crippen molar-refractivity contribution in [1.29, 1.82) is 0 Å². The van der Waals surface area contributed by atoms with E-state index >= 15 is 0 Å². The molecule has 0 bridgehead atoms. The van der Waals surface area contributed by atoms with Crippen molar-refractivity contribution >= 4 is 5.91 Å². The Hall–Kier alpha value is -1.03. The molecule has 0 aliphatic carbocycles. The summed E-state index contributed by atoms with van der Waals surface area (Å²) in [4.78, 5) is 10.8. The third-order valence-electron chi connectivity index (χ3n) is 2.17. The van der Waals surface area contributed by atoms with Crippen molar-refractivity contribution in [3.05, 3.63) is 11.8 Å². The van der Waals surface area contributed by atoms with Gasteiger partial charge in [0.15, 0.2) is 5.76 Å². The summed E-state index contributed by atoms with van der Waals surface area (Å²) in [6, 6.07) is 0.0342. The van der Waals surface area contributed by atoms with Crippen LogP contribution in [0.3, 0.4) is 0 Å². The summed E-state index contributed by atoms with van der Waals surface area (Å²) in [7, 11) is 0. The molecule has 1 rings (SSSR count). The summed E-state index contributed by atoms with van der Waals surface area (Å²) in [5.74, 6) is -0.653. The van der Waals surface area contributed by atoms with E-state index in [4.69, 9.17) is 0 Å². The van der Waals surface area contributed by atoms with E-state index in [1.165, 1.54) is 0 Å². The summed E-state index contributed by atoms with van der Waals surface area (Å²) in [6.07, 6.45) is 3.49. The van der Waals surface area contributed by atoms with Gasteiger partial charge in [0.2, 0.25) is 0 Å². The van der Waals surface area contributed by atoms with E-state index in [-0.39, 0.29) is 17.2 Å². The number of rotatable bonds is 2. The first-order valence-corrected chi connectivity index (χ1v) is 4.85. The zero-order valence-electron chi connectivity index (χ0n) is 8.92. The smallest absolute Gasteiger partial charge is 0.299 e. The third kappa shape index (κ3) is 3.38. The fraction of sp³-hybridized carbons (Fsp3) is 0.700. The van der Waals surface area contributed by atoms with Crippen LogP contribution in [0.2, 0.25) is 0 Å². The van der Waals surface area contributed by atoms with Crippen molar-refractivity contribution < 1.29 is 9.90 Å². The fourth-order valence-corrected chi connectivity index (χ4v) is 1.27. The van der Waals surface area contributed by atoms with Gasteiger partial charge in [-0.25, -0.2) is 5.43 Å². The maximum absolute atomic E-state index is 10.8. The molecule has 80 valence electrons. The van der Waals surface area contributed by atoms with E-state index in [0.717, 1.165) is 12.8 Å². The van der Waals surface area contributed by atoms with E-state index in [1.54, 1.807) is 6.08 Å². The summed E-state index contributed by atoms with van der Waals surface area (Å²) < 4.78 is 0. The van der Waals surface area contributed by atoms with E-state index in [2.05, 4.69) is 31.6 Å². The quantitative estimate of drug-likeness (QED) is 0.626. The molecule has 4 nitrogen and oxygen atoms in total. The van der Waals surface area contributed by atoms with Gasteiger partial charge >= 0.3 is 0 Å².